The number of hydrogen-bond acceptors (Lipinski definition) is 3. The minimum atomic E-state index is -2.65. The number of unbranched alkanes of at least 4 members (excludes halogenated alkanes) is 3. The first-order valence-corrected chi connectivity index (χ1v) is 18.4. The SMILES string of the molecule is CCC[CH2][Sn]([CH2]CCC)([CH2]CCC)[n]1nnc(Cc2c[nH]c3ccccc23)n1. The zero-order valence-electron chi connectivity index (χ0n) is 17.7. The van der Waals surface area contributed by atoms with Crippen molar-refractivity contribution in [3.8, 4) is 0 Å². The van der Waals surface area contributed by atoms with E-state index in [1.54, 1.807) is 0 Å². The molecule has 5 nitrogen and oxygen atoms in total. The summed E-state index contributed by atoms with van der Waals surface area (Å²) in [4.78, 5) is 3.36. The van der Waals surface area contributed by atoms with Crippen molar-refractivity contribution in [2.24, 2.45) is 0 Å². The second-order valence-corrected chi connectivity index (χ2v) is 20.5. The van der Waals surface area contributed by atoms with Crippen molar-refractivity contribution in [1.29, 1.82) is 0 Å². The molecular formula is C22H35N5Sn. The van der Waals surface area contributed by atoms with Crippen LogP contribution in [0.2, 0.25) is 13.3 Å². The Kier molecular flexibility index (Phi) is 7.94. The molecular weight excluding hydrogens is 453 g/mol. The summed E-state index contributed by atoms with van der Waals surface area (Å²) in [5.41, 5.74) is 2.43. The van der Waals surface area contributed by atoms with Gasteiger partial charge in [-0.15, -0.1) is 0 Å². The molecule has 0 fully saturated rings. The predicted molar refractivity (Wildman–Crippen MR) is 119 cm³/mol. The molecule has 1 aromatic carbocycles. The number of fused-ring (bicyclic) bond motifs is 1. The molecule has 0 unspecified atom stereocenters. The molecule has 0 saturated carbocycles. The Hall–Kier alpha value is -1.37. The average Bonchev–Trinajstić information content (AvgIpc) is 3.36. The summed E-state index contributed by atoms with van der Waals surface area (Å²) < 4.78 is 6.26. The Labute approximate surface area is 173 Å². The quantitative estimate of drug-likeness (QED) is 0.321. The Morgan fingerprint density at radius 1 is 0.929 bits per heavy atom. The van der Waals surface area contributed by atoms with Gasteiger partial charge in [0, 0.05) is 0 Å². The van der Waals surface area contributed by atoms with Crippen LogP contribution in [0, 0.1) is 0 Å². The van der Waals surface area contributed by atoms with Gasteiger partial charge in [-0.25, -0.2) is 0 Å². The molecule has 6 heteroatoms. The molecule has 28 heavy (non-hydrogen) atoms. The maximum absolute atomic E-state index is 5.00. The van der Waals surface area contributed by atoms with Gasteiger partial charge in [-0.2, -0.15) is 0 Å². The molecule has 0 radical (unpaired) electrons. The molecule has 0 spiro atoms. The van der Waals surface area contributed by atoms with E-state index < -0.39 is 18.7 Å². The van der Waals surface area contributed by atoms with Gasteiger partial charge in [0.1, 0.15) is 0 Å². The topological polar surface area (TPSA) is 59.4 Å². The van der Waals surface area contributed by atoms with E-state index in [1.807, 2.05) is 0 Å². The Balaban J connectivity index is 1.85. The van der Waals surface area contributed by atoms with Crippen molar-refractivity contribution in [1.82, 2.24) is 23.4 Å². The van der Waals surface area contributed by atoms with E-state index in [1.165, 1.54) is 68.3 Å². The van der Waals surface area contributed by atoms with Crippen molar-refractivity contribution >= 4 is 29.6 Å². The molecule has 0 atom stereocenters. The van der Waals surface area contributed by atoms with Crippen LogP contribution in [-0.4, -0.2) is 42.1 Å². The standard InChI is InChI=1S/C10H8N5.3C4H9.Sn/c1-2-4-9-8(3-1)7(6-11-9)5-10-12-14-15-13-10;3*1-3-4-2;/h1-4,6,11H,5H2;3*1,3-4H2,2H3;/q-1;;;;+1. The molecule has 2 aromatic heterocycles. The molecule has 0 aliphatic rings. The van der Waals surface area contributed by atoms with Gasteiger partial charge in [0.15, 0.2) is 0 Å². The van der Waals surface area contributed by atoms with Crippen LogP contribution >= 0.6 is 0 Å². The summed E-state index contributed by atoms with van der Waals surface area (Å²) in [6, 6.07) is 8.44. The number of nitrogens with one attached hydrogen (secondary N) is 1. The number of H-pyrrole nitrogens is 1. The normalized spacial score (nSPS) is 12.1. The van der Waals surface area contributed by atoms with Crippen LogP contribution in [0.1, 0.15) is 70.7 Å². The summed E-state index contributed by atoms with van der Waals surface area (Å²) >= 11 is -2.65. The van der Waals surface area contributed by atoms with Crippen LogP contribution < -0.4 is 0 Å². The van der Waals surface area contributed by atoms with E-state index in [2.05, 4.69) is 69.5 Å². The fourth-order valence-electron chi connectivity index (χ4n) is 4.16. The predicted octanol–water partition coefficient (Wildman–Crippen LogP) is 5.94. The molecule has 0 aliphatic heterocycles. The van der Waals surface area contributed by atoms with Gasteiger partial charge < -0.3 is 0 Å². The van der Waals surface area contributed by atoms with Crippen molar-refractivity contribution < 1.29 is 0 Å². The molecule has 3 aromatic rings. The number of aromatic nitrogens is 5. The van der Waals surface area contributed by atoms with E-state index in [0.717, 1.165) is 12.2 Å². The molecule has 0 bridgehead atoms. The van der Waals surface area contributed by atoms with Gasteiger partial charge in [0.25, 0.3) is 0 Å². The van der Waals surface area contributed by atoms with Gasteiger partial charge in [-0.05, 0) is 0 Å². The first-order valence-electron chi connectivity index (χ1n) is 11.1. The van der Waals surface area contributed by atoms with Gasteiger partial charge >= 0.3 is 174 Å². The third-order valence-electron chi connectivity index (χ3n) is 5.89. The number of nitrogens with zero attached hydrogens (tertiary/aromatic N) is 4. The number of aromatic amines is 1. The fourth-order valence-corrected chi connectivity index (χ4v) is 18.3. The van der Waals surface area contributed by atoms with Crippen molar-refractivity contribution in [2.45, 2.75) is 79.0 Å². The van der Waals surface area contributed by atoms with Gasteiger partial charge in [0.05, 0.1) is 0 Å². The number of hydrogen-bond donors (Lipinski definition) is 1. The fraction of sp³-hybridized carbons (Fsp3) is 0.591. The van der Waals surface area contributed by atoms with Gasteiger partial charge in [-0.3, -0.25) is 0 Å². The minimum absolute atomic E-state index is 0.751. The zero-order chi connectivity index (χ0) is 19.8. The molecule has 0 amide bonds. The summed E-state index contributed by atoms with van der Waals surface area (Å²) in [7, 11) is 0. The molecule has 3 rings (SSSR count). The first-order chi connectivity index (χ1) is 13.7. The third kappa shape index (κ3) is 4.96. The number of tetrazole rings is 1. The van der Waals surface area contributed by atoms with E-state index in [9.17, 15) is 0 Å². The first kappa shape index (κ1) is 21.3. The van der Waals surface area contributed by atoms with Crippen molar-refractivity contribution in [3.05, 3.63) is 41.9 Å². The molecule has 2 heterocycles. The van der Waals surface area contributed by atoms with E-state index in [0.29, 0.717) is 0 Å². The Bertz CT molecular complexity index is 832. The van der Waals surface area contributed by atoms with Crippen LogP contribution in [0.3, 0.4) is 0 Å². The monoisotopic (exact) mass is 489 g/mol. The van der Waals surface area contributed by atoms with E-state index >= 15 is 0 Å². The molecule has 0 aliphatic carbocycles. The van der Waals surface area contributed by atoms with Crippen LogP contribution in [0.15, 0.2) is 30.5 Å². The summed E-state index contributed by atoms with van der Waals surface area (Å²) in [5, 5.41) is 15.4. The number of rotatable bonds is 12. The summed E-state index contributed by atoms with van der Waals surface area (Å²) in [5.74, 6) is 0.871. The van der Waals surface area contributed by atoms with Crippen molar-refractivity contribution in [2.75, 3.05) is 0 Å². The second-order valence-electron chi connectivity index (χ2n) is 8.07. The Morgan fingerprint density at radius 3 is 2.21 bits per heavy atom. The van der Waals surface area contributed by atoms with Crippen LogP contribution in [0.25, 0.3) is 10.9 Å². The summed E-state index contributed by atoms with van der Waals surface area (Å²) in [6.45, 7) is 6.90. The molecule has 0 saturated heterocycles. The van der Waals surface area contributed by atoms with Crippen LogP contribution in [0.5, 0.6) is 0 Å². The third-order valence-corrected chi connectivity index (χ3v) is 19.8. The number of benzene rings is 1. The van der Waals surface area contributed by atoms with E-state index in [-0.39, 0.29) is 0 Å². The van der Waals surface area contributed by atoms with Crippen LogP contribution in [0.4, 0.5) is 0 Å². The molecule has 1 N–H and O–H groups in total. The number of para-hydroxylation sites is 1. The van der Waals surface area contributed by atoms with Crippen LogP contribution in [-0.2, 0) is 6.42 Å². The van der Waals surface area contributed by atoms with Gasteiger partial charge in [-0.1, -0.05) is 0 Å². The van der Waals surface area contributed by atoms with Crippen molar-refractivity contribution in [3.63, 3.8) is 0 Å². The maximum atomic E-state index is 5.00. The second kappa shape index (κ2) is 10.4. The van der Waals surface area contributed by atoms with E-state index in [4.69, 9.17) is 5.10 Å². The average molecular weight is 488 g/mol. The molecule has 152 valence electrons. The van der Waals surface area contributed by atoms with Gasteiger partial charge in [0.2, 0.25) is 0 Å². The zero-order valence-corrected chi connectivity index (χ0v) is 20.6. The Morgan fingerprint density at radius 2 is 1.57 bits per heavy atom. The summed E-state index contributed by atoms with van der Waals surface area (Å²) in [6.07, 6.45) is 10.5.